The minimum absolute atomic E-state index is 0.00548. The van der Waals surface area contributed by atoms with E-state index < -0.39 is 52.9 Å². The third kappa shape index (κ3) is 12.9. The summed E-state index contributed by atoms with van der Waals surface area (Å²) in [6, 6.07) is 21.5. The van der Waals surface area contributed by atoms with Crippen molar-refractivity contribution in [3.8, 4) is 33.1 Å². The van der Waals surface area contributed by atoms with Gasteiger partial charge < -0.3 is 40.1 Å². The number of β-amino-alcohol motifs (C(OH)–C–C–N with tert-alkyl or cyclic N) is 1. The van der Waals surface area contributed by atoms with Crippen LogP contribution in [0.3, 0.4) is 0 Å². The number of aryl methyl sites for hydroxylation is 1. The Morgan fingerprint density at radius 3 is 2.32 bits per heavy atom. The Kier molecular flexibility index (Phi) is 16.8. The van der Waals surface area contributed by atoms with Gasteiger partial charge in [0.05, 0.1) is 47.1 Å². The van der Waals surface area contributed by atoms with Gasteiger partial charge in [-0.25, -0.2) is 9.97 Å². The van der Waals surface area contributed by atoms with Crippen molar-refractivity contribution in [1.82, 2.24) is 45.9 Å². The van der Waals surface area contributed by atoms with E-state index in [1.54, 1.807) is 29.0 Å². The smallest absolute Gasteiger partial charge is 0.391 e. The van der Waals surface area contributed by atoms with Crippen LogP contribution in [0.25, 0.3) is 33.1 Å². The molecule has 392 valence electrons. The normalized spacial score (nSPS) is 17.9. The molecule has 0 spiro atoms. The molecule has 74 heavy (non-hydrogen) atoms. The number of piperidine rings is 1. The fraction of sp³-hybridized carbons (Fsp3) is 0.434. The molecule has 2 aliphatic heterocycles. The van der Waals surface area contributed by atoms with Crippen molar-refractivity contribution in [3.05, 3.63) is 117 Å². The van der Waals surface area contributed by atoms with E-state index in [2.05, 4.69) is 40.5 Å². The van der Waals surface area contributed by atoms with Crippen molar-refractivity contribution in [3.63, 3.8) is 0 Å². The molecule has 2 fully saturated rings. The Morgan fingerprint density at radius 2 is 1.65 bits per heavy atom. The number of hydrogen-bond donors (Lipinski definition) is 4. The van der Waals surface area contributed by atoms with E-state index in [0.29, 0.717) is 39.1 Å². The molecule has 8 rings (SSSR count). The van der Waals surface area contributed by atoms with E-state index in [9.17, 15) is 37.5 Å². The summed E-state index contributed by atoms with van der Waals surface area (Å²) in [6.07, 6.45) is -4.34. The number of carbonyl (C=O) groups is 4. The predicted octanol–water partition coefficient (Wildman–Crippen LogP) is 7.85. The number of rotatable bonds is 18. The number of aliphatic hydroxyl groups is 1. The summed E-state index contributed by atoms with van der Waals surface area (Å²) in [5, 5.41) is 26.1. The zero-order chi connectivity index (χ0) is 52.8. The molecule has 0 aliphatic carbocycles. The van der Waals surface area contributed by atoms with Gasteiger partial charge in [0, 0.05) is 60.0 Å². The van der Waals surface area contributed by atoms with Crippen LogP contribution < -0.4 is 16.0 Å². The lowest BCUT2D eigenvalue weighted by Gasteiger charge is -2.40. The summed E-state index contributed by atoms with van der Waals surface area (Å²) < 4.78 is 49.8. The predicted molar refractivity (Wildman–Crippen MR) is 274 cm³/mol. The van der Waals surface area contributed by atoms with E-state index in [4.69, 9.17) is 9.72 Å². The molecular weight excluding hydrogens is 996 g/mol. The van der Waals surface area contributed by atoms with Crippen LogP contribution in [0, 0.1) is 12.3 Å². The number of alkyl halides is 3. The molecule has 0 radical (unpaired) electrons. The molecule has 0 bridgehead atoms. The third-order valence-corrected chi connectivity index (χ3v) is 15.6. The first-order valence-corrected chi connectivity index (χ1v) is 26.2. The quantitative estimate of drug-likeness (QED) is 0.0608. The molecule has 4 N–H and O–H groups in total. The molecule has 5 heterocycles. The van der Waals surface area contributed by atoms with Gasteiger partial charge in [-0.3, -0.25) is 19.2 Å². The average Bonchev–Trinajstić information content (AvgIpc) is 4.23. The van der Waals surface area contributed by atoms with E-state index in [1.807, 2.05) is 94.6 Å². The van der Waals surface area contributed by atoms with Gasteiger partial charge in [0.2, 0.25) is 23.5 Å². The second-order valence-corrected chi connectivity index (χ2v) is 21.7. The number of nitrogens with one attached hydrogen (secondary N) is 3. The highest BCUT2D eigenvalue weighted by Crippen LogP contribution is 2.39. The highest BCUT2D eigenvalue weighted by Gasteiger charge is 2.45. The van der Waals surface area contributed by atoms with Gasteiger partial charge in [0.25, 0.3) is 5.91 Å². The van der Waals surface area contributed by atoms with E-state index in [1.165, 1.54) is 28.4 Å². The van der Waals surface area contributed by atoms with Crippen LogP contribution in [-0.4, -0.2) is 123 Å². The van der Waals surface area contributed by atoms with Crippen molar-refractivity contribution in [1.29, 1.82) is 0 Å². The molecule has 3 aromatic heterocycles. The van der Waals surface area contributed by atoms with Gasteiger partial charge in [0.15, 0.2) is 0 Å². The van der Waals surface area contributed by atoms with Gasteiger partial charge in [0.1, 0.15) is 17.1 Å². The minimum atomic E-state index is -4.81. The van der Waals surface area contributed by atoms with Crippen molar-refractivity contribution in [2.45, 2.75) is 96.1 Å². The summed E-state index contributed by atoms with van der Waals surface area (Å²) in [6.45, 7) is 11.9. The van der Waals surface area contributed by atoms with Crippen LogP contribution in [0.2, 0.25) is 0 Å². The number of amides is 4. The number of aromatic nitrogens is 4. The molecule has 2 saturated heterocycles. The number of nitrogens with zero attached hydrogens (tertiary/aromatic N) is 6. The molecule has 1 unspecified atom stereocenters. The van der Waals surface area contributed by atoms with Crippen LogP contribution in [0.5, 0.6) is 0 Å². The Hall–Kier alpha value is -6.39. The summed E-state index contributed by atoms with van der Waals surface area (Å²) in [4.78, 5) is 72.6. The first-order valence-electron chi connectivity index (χ1n) is 24.5. The first-order chi connectivity index (χ1) is 35.3. The average molecular weight is 1060 g/mol. The monoisotopic (exact) mass is 1060 g/mol. The van der Waals surface area contributed by atoms with Crippen molar-refractivity contribution < 1.29 is 46.7 Å². The van der Waals surface area contributed by atoms with Gasteiger partial charge >= 0.3 is 12.1 Å². The van der Waals surface area contributed by atoms with Gasteiger partial charge in [-0.1, -0.05) is 92.7 Å². The highest BCUT2D eigenvalue weighted by atomic mass is 32.1. The van der Waals surface area contributed by atoms with Crippen LogP contribution >= 0.6 is 22.7 Å². The lowest BCUT2D eigenvalue weighted by atomic mass is 9.78. The van der Waals surface area contributed by atoms with Crippen molar-refractivity contribution >= 4 is 46.3 Å². The second kappa shape index (κ2) is 23.0. The lowest BCUT2D eigenvalue weighted by molar-refractivity contribution is -0.159. The van der Waals surface area contributed by atoms with Crippen LogP contribution in [-0.2, 0) is 30.7 Å². The fourth-order valence-corrected chi connectivity index (χ4v) is 11.1. The number of hydrogen-bond acceptors (Lipinski definition) is 14. The Morgan fingerprint density at radius 1 is 0.919 bits per heavy atom. The molecule has 6 aromatic rings. The number of aliphatic hydroxyl groups excluding tert-OH is 1. The molecule has 21 heteroatoms. The number of likely N-dealkylation sites (tertiary alicyclic amines) is 2. The van der Waals surface area contributed by atoms with E-state index in [-0.39, 0.29) is 67.3 Å². The molecule has 3 aromatic carbocycles. The van der Waals surface area contributed by atoms with E-state index in [0.717, 1.165) is 38.0 Å². The Bertz CT molecular complexity index is 2900. The lowest BCUT2D eigenvalue weighted by Crippen LogP contribution is -2.58. The number of ether oxygens (including phenoxy) is 1. The third-order valence-electron chi connectivity index (χ3n) is 13.6. The van der Waals surface area contributed by atoms with Gasteiger partial charge in [-0.05, 0) is 68.5 Å². The molecule has 0 saturated carbocycles. The fourth-order valence-electron chi connectivity index (χ4n) is 9.25. The second-order valence-electron chi connectivity index (χ2n) is 20.0. The summed E-state index contributed by atoms with van der Waals surface area (Å²) in [5.41, 5.74) is 5.63. The van der Waals surface area contributed by atoms with E-state index >= 15 is 0 Å². The van der Waals surface area contributed by atoms with Crippen molar-refractivity contribution in [2.75, 3.05) is 45.9 Å². The zero-order valence-electron chi connectivity index (χ0n) is 41.8. The van der Waals surface area contributed by atoms with Crippen LogP contribution in [0.15, 0.2) is 94.3 Å². The van der Waals surface area contributed by atoms with Crippen LogP contribution in [0.4, 0.5) is 13.2 Å². The van der Waals surface area contributed by atoms with Crippen LogP contribution in [0.1, 0.15) is 91.9 Å². The molecule has 16 nitrogen and oxygen atoms in total. The maximum Gasteiger partial charge on any atom is 0.471 e. The summed E-state index contributed by atoms with van der Waals surface area (Å²) >= 11 is 3.09. The van der Waals surface area contributed by atoms with Gasteiger partial charge in [-0.2, -0.15) is 18.2 Å². The molecular formula is C53H60F3N9O7S2. The molecule has 2 aliphatic rings. The summed E-state index contributed by atoms with van der Waals surface area (Å²) in [5.74, 6) is -3.40. The number of carbonyl (C=O) groups excluding carboxylic acids is 4. The largest absolute Gasteiger partial charge is 0.471 e. The molecule has 4 atom stereocenters. The topological polar surface area (TPSA) is 205 Å². The Labute approximate surface area is 435 Å². The molecule has 4 amide bonds. The number of thiazole rings is 2. The Balaban J connectivity index is 0.826. The van der Waals surface area contributed by atoms with Crippen molar-refractivity contribution in [2.24, 2.45) is 5.41 Å². The minimum Gasteiger partial charge on any atom is -0.391 e. The zero-order valence-corrected chi connectivity index (χ0v) is 43.4. The maximum absolute atomic E-state index is 14.2. The van der Waals surface area contributed by atoms with Gasteiger partial charge in [-0.15, -0.1) is 22.7 Å². The maximum atomic E-state index is 14.2. The summed E-state index contributed by atoms with van der Waals surface area (Å²) in [7, 11) is 0. The number of benzene rings is 3. The standard InChI is InChI=1S/C53H60F3N9O7S2/c1-32(34-14-16-36(17-15-34)43-33(2)58-31-74-43)59-47(69)41-27-39(66)28-65(41)48(70)44(51(3,4)5)61-42(67)18-24-71-25-23-64-21-19-52(20-22-64,50-60-40(29-73-50)35-10-7-6-8-11-35)30-57-46(68)38-13-9-12-37(26-38)45-62-49(72-63-45)53(54,55)56/h6-17,26,29,31-32,39,41,44,66H,18-25,27-28,30H2,1-5H3,(H,57,68)(H,59,69)(H,61,67)/t32-,39+,41-,44?/m0/s1. The highest BCUT2D eigenvalue weighted by molar-refractivity contribution is 7.13. The number of halogens is 3. The SMILES string of the molecule is Cc1ncsc1-c1ccc([C@H](C)NC(=O)[C@@H]2C[C@@H](O)CN2C(=O)C(NC(=O)CCOCCN2CCC(CNC(=O)c3cccc(-c4noc(C(F)(F)F)n4)c3)(c3nc(-c4ccccc4)cs3)CC2)C(C)(C)C)cc1. The first kappa shape index (κ1) is 53.9.